The van der Waals surface area contributed by atoms with E-state index in [9.17, 15) is 9.59 Å². The van der Waals surface area contributed by atoms with Crippen LogP contribution in [0, 0.1) is 6.92 Å². The van der Waals surface area contributed by atoms with Crippen LogP contribution in [0.5, 0.6) is 0 Å². The lowest BCUT2D eigenvalue weighted by Gasteiger charge is -2.26. The van der Waals surface area contributed by atoms with E-state index in [4.69, 9.17) is 0 Å². The van der Waals surface area contributed by atoms with Gasteiger partial charge in [-0.15, -0.1) is 0 Å². The normalized spacial score (nSPS) is 14.2. The fourth-order valence-electron chi connectivity index (χ4n) is 2.50. The summed E-state index contributed by atoms with van der Waals surface area (Å²) in [5, 5.41) is 5.93. The van der Waals surface area contributed by atoms with Crippen LogP contribution in [0.4, 0.5) is 5.82 Å². The quantitative estimate of drug-likeness (QED) is 0.874. The number of hydrogen-bond donors (Lipinski definition) is 2. The molecule has 1 aromatic carbocycles. The Morgan fingerprint density at radius 3 is 2.79 bits per heavy atom. The first-order chi connectivity index (χ1) is 11.6. The molecule has 0 bridgehead atoms. The molecule has 1 aliphatic rings. The number of nitrogens with one attached hydrogen (secondary N) is 2. The molecule has 0 atom stereocenters. The predicted molar refractivity (Wildman–Crippen MR) is 89.5 cm³/mol. The third-order valence-electron chi connectivity index (χ3n) is 3.80. The first-order valence-electron chi connectivity index (χ1n) is 7.79. The van der Waals surface area contributed by atoms with Crippen molar-refractivity contribution < 1.29 is 9.59 Å². The number of nitrogens with zero attached hydrogens (tertiary/aromatic N) is 3. The van der Waals surface area contributed by atoms with Crippen molar-refractivity contribution in [1.29, 1.82) is 0 Å². The second-order valence-corrected chi connectivity index (χ2v) is 5.67. The average molecular weight is 325 g/mol. The SMILES string of the molecule is Cc1cc(NCc2ccc(C(=O)N3CCNC(=O)C3)cc2)ncn1. The van der Waals surface area contributed by atoms with Crippen molar-refractivity contribution in [3.8, 4) is 0 Å². The maximum Gasteiger partial charge on any atom is 0.254 e. The predicted octanol–water partition coefficient (Wildman–Crippen LogP) is 0.969. The van der Waals surface area contributed by atoms with Gasteiger partial charge in [0.15, 0.2) is 0 Å². The van der Waals surface area contributed by atoms with Gasteiger partial charge >= 0.3 is 0 Å². The number of rotatable bonds is 4. The molecule has 0 aliphatic carbocycles. The number of carbonyl (C=O) groups is 2. The second-order valence-electron chi connectivity index (χ2n) is 5.67. The molecule has 0 spiro atoms. The van der Waals surface area contributed by atoms with E-state index in [1.807, 2.05) is 25.1 Å². The Balaban J connectivity index is 1.60. The van der Waals surface area contributed by atoms with Gasteiger partial charge in [-0.2, -0.15) is 0 Å². The van der Waals surface area contributed by atoms with Crippen molar-refractivity contribution in [3.63, 3.8) is 0 Å². The van der Waals surface area contributed by atoms with E-state index in [1.54, 1.807) is 17.0 Å². The zero-order chi connectivity index (χ0) is 16.9. The maximum atomic E-state index is 12.4. The molecule has 124 valence electrons. The molecular formula is C17H19N5O2. The summed E-state index contributed by atoms with van der Waals surface area (Å²) in [5.41, 5.74) is 2.53. The van der Waals surface area contributed by atoms with E-state index in [1.165, 1.54) is 6.33 Å². The van der Waals surface area contributed by atoms with Gasteiger partial charge in [0.05, 0.1) is 6.54 Å². The van der Waals surface area contributed by atoms with Crippen molar-refractivity contribution in [1.82, 2.24) is 20.2 Å². The van der Waals surface area contributed by atoms with Crippen molar-refractivity contribution in [3.05, 3.63) is 53.5 Å². The summed E-state index contributed by atoms with van der Waals surface area (Å²) in [6.45, 7) is 3.69. The summed E-state index contributed by atoms with van der Waals surface area (Å²) in [4.78, 5) is 33.5. The highest BCUT2D eigenvalue weighted by Crippen LogP contribution is 2.11. The highest BCUT2D eigenvalue weighted by Gasteiger charge is 2.21. The monoisotopic (exact) mass is 325 g/mol. The minimum Gasteiger partial charge on any atom is -0.366 e. The molecule has 1 fully saturated rings. The fraction of sp³-hybridized carbons (Fsp3) is 0.294. The summed E-state index contributed by atoms with van der Waals surface area (Å²) >= 11 is 0. The molecule has 1 aliphatic heterocycles. The Morgan fingerprint density at radius 1 is 1.29 bits per heavy atom. The maximum absolute atomic E-state index is 12.4. The van der Waals surface area contributed by atoms with Crippen molar-refractivity contribution in [2.24, 2.45) is 0 Å². The van der Waals surface area contributed by atoms with Crippen LogP contribution in [0.2, 0.25) is 0 Å². The van der Waals surface area contributed by atoms with Crippen LogP contribution in [0.1, 0.15) is 21.6 Å². The molecule has 0 unspecified atom stereocenters. The standard InChI is InChI=1S/C17H19N5O2/c1-12-8-15(21-11-20-12)19-9-13-2-4-14(5-3-13)17(24)22-7-6-18-16(23)10-22/h2-5,8,11H,6-7,9-10H2,1H3,(H,18,23)(H,19,20,21). The molecule has 2 N–H and O–H groups in total. The largest absolute Gasteiger partial charge is 0.366 e. The van der Waals surface area contributed by atoms with Crippen LogP contribution in [0.15, 0.2) is 36.7 Å². The number of piperazine rings is 1. The Morgan fingerprint density at radius 2 is 2.08 bits per heavy atom. The first kappa shape index (κ1) is 15.9. The van der Waals surface area contributed by atoms with E-state index in [0.29, 0.717) is 25.2 Å². The Kier molecular flexibility index (Phi) is 4.69. The van der Waals surface area contributed by atoms with E-state index in [-0.39, 0.29) is 18.4 Å². The average Bonchev–Trinajstić information content (AvgIpc) is 2.60. The number of benzene rings is 1. The van der Waals surface area contributed by atoms with Crippen LogP contribution < -0.4 is 10.6 Å². The summed E-state index contributed by atoms with van der Waals surface area (Å²) in [6, 6.07) is 9.25. The topological polar surface area (TPSA) is 87.2 Å². The van der Waals surface area contributed by atoms with Crippen LogP contribution in [-0.4, -0.2) is 46.3 Å². The highest BCUT2D eigenvalue weighted by atomic mass is 16.2. The van der Waals surface area contributed by atoms with Crippen molar-refractivity contribution >= 4 is 17.6 Å². The number of hydrogen-bond acceptors (Lipinski definition) is 5. The van der Waals surface area contributed by atoms with E-state index >= 15 is 0 Å². The lowest BCUT2D eigenvalue weighted by Crippen LogP contribution is -2.49. The molecule has 2 heterocycles. The molecule has 1 aromatic heterocycles. The molecule has 7 heteroatoms. The molecule has 1 saturated heterocycles. The third-order valence-corrected chi connectivity index (χ3v) is 3.80. The lowest BCUT2D eigenvalue weighted by molar-refractivity contribution is -0.123. The number of carbonyl (C=O) groups excluding carboxylic acids is 2. The van der Waals surface area contributed by atoms with Gasteiger partial charge in [-0.1, -0.05) is 12.1 Å². The minimum atomic E-state index is -0.115. The van der Waals surface area contributed by atoms with Gasteiger partial charge in [-0.25, -0.2) is 9.97 Å². The summed E-state index contributed by atoms with van der Waals surface area (Å²) in [5.74, 6) is 0.535. The summed E-state index contributed by atoms with van der Waals surface area (Å²) < 4.78 is 0. The van der Waals surface area contributed by atoms with E-state index in [2.05, 4.69) is 20.6 Å². The van der Waals surface area contributed by atoms with Gasteiger partial charge in [-0.05, 0) is 24.6 Å². The zero-order valence-corrected chi connectivity index (χ0v) is 13.5. The Hall–Kier alpha value is -2.96. The zero-order valence-electron chi connectivity index (χ0n) is 13.5. The number of anilines is 1. The molecule has 24 heavy (non-hydrogen) atoms. The summed E-state index contributed by atoms with van der Waals surface area (Å²) in [7, 11) is 0. The van der Waals surface area contributed by atoms with Gasteiger partial charge in [0, 0.05) is 37.0 Å². The van der Waals surface area contributed by atoms with Crippen LogP contribution in [-0.2, 0) is 11.3 Å². The lowest BCUT2D eigenvalue weighted by atomic mass is 10.1. The van der Waals surface area contributed by atoms with Gasteiger partial charge in [-0.3, -0.25) is 9.59 Å². The fourth-order valence-corrected chi connectivity index (χ4v) is 2.50. The van der Waals surface area contributed by atoms with Gasteiger partial charge in [0.25, 0.3) is 5.91 Å². The van der Waals surface area contributed by atoms with Crippen molar-refractivity contribution in [2.75, 3.05) is 25.0 Å². The molecule has 0 radical (unpaired) electrons. The van der Waals surface area contributed by atoms with Crippen LogP contribution in [0.3, 0.4) is 0 Å². The Bertz CT molecular complexity index is 745. The molecule has 7 nitrogen and oxygen atoms in total. The van der Waals surface area contributed by atoms with Crippen molar-refractivity contribution in [2.45, 2.75) is 13.5 Å². The smallest absolute Gasteiger partial charge is 0.254 e. The molecule has 2 amide bonds. The highest BCUT2D eigenvalue weighted by molar-refractivity contribution is 5.97. The minimum absolute atomic E-state index is 0.115. The summed E-state index contributed by atoms with van der Waals surface area (Å²) in [6.07, 6.45) is 1.52. The first-order valence-corrected chi connectivity index (χ1v) is 7.79. The van der Waals surface area contributed by atoms with E-state index in [0.717, 1.165) is 17.1 Å². The molecule has 0 saturated carbocycles. The van der Waals surface area contributed by atoms with E-state index < -0.39 is 0 Å². The Labute approximate surface area is 140 Å². The third kappa shape index (κ3) is 3.87. The van der Waals surface area contributed by atoms with Gasteiger partial charge in [0.1, 0.15) is 12.1 Å². The van der Waals surface area contributed by atoms with Gasteiger partial charge in [0.2, 0.25) is 5.91 Å². The van der Waals surface area contributed by atoms with Gasteiger partial charge < -0.3 is 15.5 Å². The number of aryl methyl sites for hydroxylation is 1. The molecular weight excluding hydrogens is 306 g/mol. The second kappa shape index (κ2) is 7.08. The molecule has 3 rings (SSSR count). The van der Waals surface area contributed by atoms with Crippen LogP contribution in [0.25, 0.3) is 0 Å². The van der Waals surface area contributed by atoms with Crippen LogP contribution >= 0.6 is 0 Å². The number of amides is 2. The molecule has 2 aromatic rings. The number of aromatic nitrogens is 2.